The first-order valence-electron chi connectivity index (χ1n) is 6.12. The molecule has 0 fully saturated rings. The number of hydrogen-bond donors (Lipinski definition) is 1. The van der Waals surface area contributed by atoms with E-state index in [9.17, 15) is 9.90 Å². The van der Waals surface area contributed by atoms with Crippen LogP contribution in [0.3, 0.4) is 0 Å². The SMILES string of the molecule is CC(O)CN(C(=O)Cc1ccc(Cl)cc1)C(C)C. The van der Waals surface area contributed by atoms with Gasteiger partial charge in [0.1, 0.15) is 0 Å². The summed E-state index contributed by atoms with van der Waals surface area (Å²) in [5.74, 6) is 0.0215. The van der Waals surface area contributed by atoms with Crippen LogP contribution in [0.2, 0.25) is 5.02 Å². The first-order chi connectivity index (χ1) is 8.40. The number of aliphatic hydroxyl groups excluding tert-OH is 1. The van der Waals surface area contributed by atoms with Crippen molar-refractivity contribution in [1.82, 2.24) is 4.90 Å². The number of amides is 1. The van der Waals surface area contributed by atoms with Gasteiger partial charge in [-0.05, 0) is 38.5 Å². The van der Waals surface area contributed by atoms with Crippen molar-refractivity contribution in [3.8, 4) is 0 Å². The lowest BCUT2D eigenvalue weighted by atomic mass is 10.1. The smallest absolute Gasteiger partial charge is 0.227 e. The summed E-state index contributed by atoms with van der Waals surface area (Å²) < 4.78 is 0. The lowest BCUT2D eigenvalue weighted by Gasteiger charge is -2.28. The Kier molecular flexibility index (Phi) is 5.63. The minimum atomic E-state index is -0.512. The van der Waals surface area contributed by atoms with Crippen molar-refractivity contribution in [3.63, 3.8) is 0 Å². The highest BCUT2D eigenvalue weighted by Gasteiger charge is 2.18. The molecule has 0 radical (unpaired) electrons. The van der Waals surface area contributed by atoms with E-state index in [4.69, 9.17) is 11.6 Å². The van der Waals surface area contributed by atoms with Crippen LogP contribution in [0.4, 0.5) is 0 Å². The van der Waals surface area contributed by atoms with Crippen molar-refractivity contribution < 1.29 is 9.90 Å². The van der Waals surface area contributed by atoms with Gasteiger partial charge in [0.2, 0.25) is 5.91 Å². The van der Waals surface area contributed by atoms with Gasteiger partial charge in [0.15, 0.2) is 0 Å². The second-order valence-electron chi connectivity index (χ2n) is 4.79. The summed E-state index contributed by atoms with van der Waals surface area (Å²) >= 11 is 5.80. The monoisotopic (exact) mass is 269 g/mol. The number of rotatable bonds is 5. The summed E-state index contributed by atoms with van der Waals surface area (Å²) in [4.78, 5) is 13.9. The third-order valence-electron chi connectivity index (χ3n) is 2.67. The molecule has 1 aromatic carbocycles. The molecule has 0 saturated heterocycles. The molecule has 3 nitrogen and oxygen atoms in total. The summed E-state index contributed by atoms with van der Waals surface area (Å²) in [6.45, 7) is 5.94. The molecule has 1 N–H and O–H groups in total. The van der Waals surface area contributed by atoms with E-state index in [1.165, 1.54) is 0 Å². The molecule has 18 heavy (non-hydrogen) atoms. The maximum atomic E-state index is 12.2. The standard InChI is InChI=1S/C14H20ClNO2/c1-10(2)16(9-11(3)17)14(18)8-12-4-6-13(15)7-5-12/h4-7,10-11,17H,8-9H2,1-3H3. The topological polar surface area (TPSA) is 40.5 Å². The number of benzene rings is 1. The molecule has 1 unspecified atom stereocenters. The van der Waals surface area contributed by atoms with Crippen molar-refractivity contribution in [2.75, 3.05) is 6.54 Å². The van der Waals surface area contributed by atoms with Crippen molar-refractivity contribution in [3.05, 3.63) is 34.9 Å². The van der Waals surface area contributed by atoms with Gasteiger partial charge in [0.25, 0.3) is 0 Å². The molecule has 0 bridgehead atoms. The molecule has 1 amide bonds. The third-order valence-corrected chi connectivity index (χ3v) is 2.93. The van der Waals surface area contributed by atoms with E-state index in [2.05, 4.69) is 0 Å². The Labute approximate surface area is 113 Å². The predicted octanol–water partition coefficient (Wildman–Crippen LogP) is 2.50. The molecule has 0 aromatic heterocycles. The average molecular weight is 270 g/mol. The van der Waals surface area contributed by atoms with Gasteiger partial charge < -0.3 is 10.0 Å². The van der Waals surface area contributed by atoms with Crippen LogP contribution in [-0.2, 0) is 11.2 Å². The summed E-state index contributed by atoms with van der Waals surface area (Å²) in [6.07, 6.45) is -0.177. The Balaban J connectivity index is 2.69. The summed E-state index contributed by atoms with van der Waals surface area (Å²) in [7, 11) is 0. The Hall–Kier alpha value is -1.06. The van der Waals surface area contributed by atoms with E-state index in [-0.39, 0.29) is 11.9 Å². The average Bonchev–Trinajstić information content (AvgIpc) is 2.28. The molecule has 4 heteroatoms. The van der Waals surface area contributed by atoms with E-state index < -0.39 is 6.10 Å². The second-order valence-corrected chi connectivity index (χ2v) is 5.23. The first kappa shape index (κ1) is 15.0. The zero-order valence-corrected chi connectivity index (χ0v) is 11.8. The fraction of sp³-hybridized carbons (Fsp3) is 0.500. The molecule has 0 aliphatic carbocycles. The number of carbonyl (C=O) groups excluding carboxylic acids is 1. The normalized spacial score (nSPS) is 12.6. The highest BCUT2D eigenvalue weighted by Crippen LogP contribution is 2.12. The summed E-state index contributed by atoms with van der Waals surface area (Å²) in [6, 6.07) is 7.33. The van der Waals surface area contributed by atoms with E-state index in [1.807, 2.05) is 26.0 Å². The Morgan fingerprint density at radius 1 is 1.28 bits per heavy atom. The van der Waals surface area contributed by atoms with E-state index >= 15 is 0 Å². The van der Waals surface area contributed by atoms with Gasteiger partial charge in [-0.1, -0.05) is 23.7 Å². The van der Waals surface area contributed by atoms with Gasteiger partial charge in [-0.15, -0.1) is 0 Å². The fourth-order valence-electron chi connectivity index (χ4n) is 1.76. The summed E-state index contributed by atoms with van der Waals surface area (Å²) in [5.41, 5.74) is 0.931. The number of aliphatic hydroxyl groups is 1. The summed E-state index contributed by atoms with van der Waals surface area (Å²) in [5, 5.41) is 10.1. The van der Waals surface area contributed by atoms with Gasteiger partial charge in [-0.3, -0.25) is 4.79 Å². The van der Waals surface area contributed by atoms with Crippen molar-refractivity contribution in [2.45, 2.75) is 39.3 Å². The van der Waals surface area contributed by atoms with Crippen LogP contribution in [0.1, 0.15) is 26.3 Å². The van der Waals surface area contributed by atoms with Gasteiger partial charge in [0.05, 0.1) is 12.5 Å². The maximum absolute atomic E-state index is 12.2. The molecule has 0 heterocycles. The predicted molar refractivity (Wildman–Crippen MR) is 73.7 cm³/mol. The molecule has 0 aliphatic heterocycles. The minimum absolute atomic E-state index is 0.0215. The van der Waals surface area contributed by atoms with Crippen LogP contribution in [0.15, 0.2) is 24.3 Å². The van der Waals surface area contributed by atoms with Gasteiger partial charge >= 0.3 is 0 Å². The molecule has 100 valence electrons. The molecular weight excluding hydrogens is 250 g/mol. The lowest BCUT2D eigenvalue weighted by Crippen LogP contribution is -2.42. The van der Waals surface area contributed by atoms with Gasteiger partial charge in [0, 0.05) is 17.6 Å². The van der Waals surface area contributed by atoms with E-state index in [0.29, 0.717) is 18.0 Å². The quantitative estimate of drug-likeness (QED) is 0.892. The Bertz CT molecular complexity index is 387. The molecule has 1 atom stereocenters. The number of nitrogens with zero attached hydrogens (tertiary/aromatic N) is 1. The second kappa shape index (κ2) is 6.76. The van der Waals surface area contributed by atoms with Crippen molar-refractivity contribution >= 4 is 17.5 Å². The zero-order chi connectivity index (χ0) is 13.7. The fourth-order valence-corrected chi connectivity index (χ4v) is 1.89. The molecule has 0 saturated carbocycles. The van der Waals surface area contributed by atoms with Crippen LogP contribution >= 0.6 is 11.6 Å². The molecule has 0 spiro atoms. The van der Waals surface area contributed by atoms with Crippen LogP contribution in [-0.4, -0.2) is 34.6 Å². The van der Waals surface area contributed by atoms with Crippen molar-refractivity contribution in [2.24, 2.45) is 0 Å². The minimum Gasteiger partial charge on any atom is -0.392 e. The molecule has 0 aliphatic rings. The van der Waals surface area contributed by atoms with E-state index in [1.54, 1.807) is 24.0 Å². The van der Waals surface area contributed by atoms with Gasteiger partial charge in [-0.2, -0.15) is 0 Å². The van der Waals surface area contributed by atoms with E-state index in [0.717, 1.165) is 5.56 Å². The number of halogens is 1. The van der Waals surface area contributed by atoms with Crippen LogP contribution < -0.4 is 0 Å². The third kappa shape index (κ3) is 4.67. The number of carbonyl (C=O) groups is 1. The van der Waals surface area contributed by atoms with Gasteiger partial charge in [-0.25, -0.2) is 0 Å². The highest BCUT2D eigenvalue weighted by atomic mass is 35.5. The molecule has 1 rings (SSSR count). The Morgan fingerprint density at radius 3 is 2.28 bits per heavy atom. The lowest BCUT2D eigenvalue weighted by molar-refractivity contribution is -0.133. The maximum Gasteiger partial charge on any atom is 0.227 e. The zero-order valence-electron chi connectivity index (χ0n) is 11.1. The largest absolute Gasteiger partial charge is 0.392 e. The molecule has 1 aromatic rings. The number of hydrogen-bond acceptors (Lipinski definition) is 2. The Morgan fingerprint density at radius 2 is 1.83 bits per heavy atom. The van der Waals surface area contributed by atoms with Crippen molar-refractivity contribution in [1.29, 1.82) is 0 Å². The van der Waals surface area contributed by atoms with Crippen LogP contribution in [0.5, 0.6) is 0 Å². The first-order valence-corrected chi connectivity index (χ1v) is 6.50. The molecular formula is C14H20ClNO2. The van der Waals surface area contributed by atoms with Crippen LogP contribution in [0, 0.1) is 0 Å². The highest BCUT2D eigenvalue weighted by molar-refractivity contribution is 6.30. The van der Waals surface area contributed by atoms with Crippen LogP contribution in [0.25, 0.3) is 0 Å².